The molecule has 14 heavy (non-hydrogen) atoms. The van der Waals surface area contributed by atoms with E-state index in [1.54, 1.807) is 11.9 Å². The Morgan fingerprint density at radius 2 is 1.93 bits per heavy atom. The molecule has 0 aromatic rings. The number of nitrogens with zero attached hydrogens (tertiary/aromatic N) is 1. The van der Waals surface area contributed by atoms with Crippen LogP contribution in [0.3, 0.4) is 0 Å². The van der Waals surface area contributed by atoms with E-state index in [1.807, 2.05) is 13.8 Å². The van der Waals surface area contributed by atoms with Gasteiger partial charge in [-0.3, -0.25) is 9.59 Å². The number of carbonyl (C=O) groups excluding carboxylic acids is 2. The van der Waals surface area contributed by atoms with Gasteiger partial charge in [-0.05, 0) is 5.92 Å². The van der Waals surface area contributed by atoms with Crippen LogP contribution in [0, 0.1) is 5.92 Å². The summed E-state index contributed by atoms with van der Waals surface area (Å²) in [5, 5.41) is 0. The van der Waals surface area contributed by atoms with Crippen LogP contribution in [0.4, 0.5) is 0 Å². The molecule has 0 N–H and O–H groups in total. The van der Waals surface area contributed by atoms with Gasteiger partial charge >= 0.3 is 5.97 Å². The molecule has 4 heteroatoms. The minimum atomic E-state index is -0.283. The number of ether oxygens (including phenoxy) is 1. The van der Waals surface area contributed by atoms with Gasteiger partial charge in [0, 0.05) is 20.0 Å². The molecule has 4 nitrogen and oxygen atoms in total. The highest BCUT2D eigenvalue weighted by atomic mass is 16.5. The number of carbonyl (C=O) groups is 2. The Kier molecular flexibility index (Phi) is 5.92. The molecule has 0 unspecified atom stereocenters. The topological polar surface area (TPSA) is 46.6 Å². The molecule has 0 aromatic carbocycles. The third-order valence-electron chi connectivity index (χ3n) is 1.89. The first-order valence-electron chi connectivity index (χ1n) is 4.78. The molecule has 82 valence electrons. The Morgan fingerprint density at radius 3 is 2.36 bits per heavy atom. The van der Waals surface area contributed by atoms with Gasteiger partial charge in [0.15, 0.2) is 0 Å². The molecule has 0 aliphatic carbocycles. The van der Waals surface area contributed by atoms with Gasteiger partial charge in [0.2, 0.25) is 5.91 Å². The van der Waals surface area contributed by atoms with Crippen molar-refractivity contribution in [2.24, 2.45) is 5.92 Å². The second-order valence-corrected chi connectivity index (χ2v) is 3.74. The predicted molar refractivity (Wildman–Crippen MR) is 53.7 cm³/mol. The van der Waals surface area contributed by atoms with Crippen LogP contribution >= 0.6 is 0 Å². The normalized spacial score (nSPS) is 10.1. The van der Waals surface area contributed by atoms with Crippen LogP contribution < -0.4 is 0 Å². The maximum absolute atomic E-state index is 11.4. The van der Waals surface area contributed by atoms with Crippen molar-refractivity contribution in [1.82, 2.24) is 4.90 Å². The van der Waals surface area contributed by atoms with Crippen LogP contribution in [0.25, 0.3) is 0 Å². The average Bonchev–Trinajstić information content (AvgIpc) is 2.12. The zero-order chi connectivity index (χ0) is 11.1. The Labute approximate surface area is 85.2 Å². The maximum atomic E-state index is 11.4. The first-order valence-corrected chi connectivity index (χ1v) is 4.78. The molecule has 0 fully saturated rings. The summed E-state index contributed by atoms with van der Waals surface area (Å²) in [4.78, 5) is 23.8. The second kappa shape index (κ2) is 6.40. The van der Waals surface area contributed by atoms with Gasteiger partial charge in [-0.1, -0.05) is 13.8 Å². The van der Waals surface area contributed by atoms with Crippen molar-refractivity contribution in [2.45, 2.75) is 26.7 Å². The molecule has 0 aromatic heterocycles. The molecular formula is C10H19NO3. The van der Waals surface area contributed by atoms with Crippen molar-refractivity contribution in [3.8, 4) is 0 Å². The molecule has 1 amide bonds. The number of hydrogen-bond donors (Lipinski definition) is 0. The number of esters is 1. The third-order valence-corrected chi connectivity index (χ3v) is 1.89. The monoisotopic (exact) mass is 201 g/mol. The van der Waals surface area contributed by atoms with Gasteiger partial charge in [-0.15, -0.1) is 0 Å². The van der Waals surface area contributed by atoms with Gasteiger partial charge in [0.1, 0.15) is 0 Å². The number of amides is 1. The van der Waals surface area contributed by atoms with Crippen LogP contribution in [0.5, 0.6) is 0 Å². The van der Waals surface area contributed by atoms with E-state index in [4.69, 9.17) is 0 Å². The largest absolute Gasteiger partial charge is 0.469 e. The van der Waals surface area contributed by atoms with Crippen molar-refractivity contribution < 1.29 is 14.3 Å². The summed E-state index contributed by atoms with van der Waals surface area (Å²) < 4.78 is 4.48. The zero-order valence-corrected chi connectivity index (χ0v) is 9.37. The molecule has 0 bridgehead atoms. The summed E-state index contributed by atoms with van der Waals surface area (Å²) in [5.41, 5.74) is 0. The average molecular weight is 201 g/mol. The Bertz CT molecular complexity index is 202. The highest BCUT2D eigenvalue weighted by Crippen LogP contribution is 2.03. The summed E-state index contributed by atoms with van der Waals surface area (Å²) in [6.07, 6.45) is 0.786. The van der Waals surface area contributed by atoms with E-state index in [2.05, 4.69) is 4.74 Å². The van der Waals surface area contributed by atoms with E-state index in [1.165, 1.54) is 7.11 Å². The number of rotatable bonds is 5. The highest BCUT2D eigenvalue weighted by molar-refractivity contribution is 5.77. The Hall–Kier alpha value is -1.06. The first kappa shape index (κ1) is 12.9. The van der Waals surface area contributed by atoms with E-state index >= 15 is 0 Å². The molecule has 0 saturated carbocycles. The predicted octanol–water partition coefficient (Wildman–Crippen LogP) is 1.05. The maximum Gasteiger partial charge on any atom is 0.307 e. The van der Waals surface area contributed by atoms with Crippen LogP contribution in [0.1, 0.15) is 26.7 Å². The van der Waals surface area contributed by atoms with Gasteiger partial charge in [-0.25, -0.2) is 0 Å². The molecule has 0 aliphatic rings. The highest BCUT2D eigenvalue weighted by Gasteiger charge is 2.11. The van der Waals surface area contributed by atoms with Crippen LogP contribution in [0.2, 0.25) is 0 Å². The minimum absolute atomic E-state index is 0.0731. The fourth-order valence-corrected chi connectivity index (χ4v) is 0.991. The molecule has 0 saturated heterocycles. The SMILES string of the molecule is COC(=O)CCN(C)C(=O)CC(C)C. The number of hydrogen-bond acceptors (Lipinski definition) is 3. The van der Waals surface area contributed by atoms with Crippen LogP contribution in [0.15, 0.2) is 0 Å². The zero-order valence-electron chi connectivity index (χ0n) is 9.37. The minimum Gasteiger partial charge on any atom is -0.469 e. The first-order chi connectivity index (χ1) is 6.47. The summed E-state index contributed by atoms with van der Waals surface area (Å²) in [6, 6.07) is 0. The van der Waals surface area contributed by atoms with Crippen molar-refractivity contribution in [3.05, 3.63) is 0 Å². The molecule has 0 rings (SSSR count). The van der Waals surface area contributed by atoms with Gasteiger partial charge in [-0.2, -0.15) is 0 Å². The molecule has 0 atom stereocenters. The van der Waals surface area contributed by atoms with Crippen LogP contribution in [-0.4, -0.2) is 37.5 Å². The molecule has 0 heterocycles. The van der Waals surface area contributed by atoms with E-state index in [9.17, 15) is 9.59 Å². The number of methoxy groups -OCH3 is 1. The van der Waals surface area contributed by atoms with Crippen molar-refractivity contribution in [2.75, 3.05) is 20.7 Å². The molecular weight excluding hydrogens is 182 g/mol. The van der Waals surface area contributed by atoms with Gasteiger partial charge in [0.25, 0.3) is 0 Å². The van der Waals surface area contributed by atoms with Crippen molar-refractivity contribution >= 4 is 11.9 Å². The van der Waals surface area contributed by atoms with Crippen molar-refractivity contribution in [1.29, 1.82) is 0 Å². The summed E-state index contributed by atoms with van der Waals surface area (Å²) >= 11 is 0. The fourth-order valence-electron chi connectivity index (χ4n) is 0.991. The van der Waals surface area contributed by atoms with Crippen LogP contribution in [-0.2, 0) is 14.3 Å². The summed E-state index contributed by atoms with van der Waals surface area (Å²) in [7, 11) is 3.05. The van der Waals surface area contributed by atoms with Gasteiger partial charge < -0.3 is 9.64 Å². The van der Waals surface area contributed by atoms with E-state index in [0.717, 1.165) is 0 Å². The van der Waals surface area contributed by atoms with E-state index < -0.39 is 0 Å². The lowest BCUT2D eigenvalue weighted by Crippen LogP contribution is -2.30. The molecule has 0 radical (unpaired) electrons. The van der Waals surface area contributed by atoms with E-state index in [-0.39, 0.29) is 18.3 Å². The van der Waals surface area contributed by atoms with Crippen molar-refractivity contribution in [3.63, 3.8) is 0 Å². The smallest absolute Gasteiger partial charge is 0.307 e. The summed E-state index contributed by atoms with van der Waals surface area (Å²) in [5.74, 6) is 0.140. The standard InChI is InChI=1S/C10H19NO3/c1-8(2)7-9(12)11(3)6-5-10(13)14-4/h8H,5-7H2,1-4H3. The van der Waals surface area contributed by atoms with E-state index in [0.29, 0.717) is 18.9 Å². The second-order valence-electron chi connectivity index (χ2n) is 3.74. The summed E-state index contributed by atoms with van der Waals surface area (Å²) in [6.45, 7) is 4.41. The van der Waals surface area contributed by atoms with Gasteiger partial charge in [0.05, 0.1) is 13.5 Å². The Balaban J connectivity index is 3.78. The third kappa shape index (κ3) is 5.56. The lowest BCUT2D eigenvalue weighted by molar-refractivity contribution is -0.141. The Morgan fingerprint density at radius 1 is 1.36 bits per heavy atom. The molecule has 0 aliphatic heterocycles. The fraction of sp³-hybridized carbons (Fsp3) is 0.800. The lowest BCUT2D eigenvalue weighted by Gasteiger charge is -2.17. The molecule has 0 spiro atoms. The quantitative estimate of drug-likeness (QED) is 0.625. The lowest BCUT2D eigenvalue weighted by atomic mass is 10.1.